The summed E-state index contributed by atoms with van der Waals surface area (Å²) in [5, 5.41) is 16.5. The van der Waals surface area contributed by atoms with Crippen LogP contribution in [0.1, 0.15) is 36.3 Å². The molecule has 0 spiro atoms. The van der Waals surface area contributed by atoms with Gasteiger partial charge in [-0.15, -0.1) is 0 Å². The summed E-state index contributed by atoms with van der Waals surface area (Å²) in [5.41, 5.74) is 0.392. The summed E-state index contributed by atoms with van der Waals surface area (Å²) in [7, 11) is 0. The predicted molar refractivity (Wildman–Crippen MR) is 110 cm³/mol. The van der Waals surface area contributed by atoms with Crippen molar-refractivity contribution in [2.45, 2.75) is 31.4 Å². The first-order valence-electron chi connectivity index (χ1n) is 11.8. The molecule has 162 valence electrons. The van der Waals surface area contributed by atoms with E-state index in [1.54, 1.807) is 0 Å². The molecule has 4 heterocycles. The van der Waals surface area contributed by atoms with Crippen molar-refractivity contribution in [3.63, 3.8) is 0 Å². The average Bonchev–Trinajstić information content (AvgIpc) is 3.42. The second kappa shape index (κ2) is 7.77. The molecule has 1 aromatic carbocycles. The molecule has 0 radical (unpaired) electrons. The number of nitrogens with one attached hydrogen (secondary N) is 1. The van der Waals surface area contributed by atoms with Gasteiger partial charge in [-0.1, -0.05) is 0 Å². The maximum Gasteiger partial charge on any atom is 0.322 e. The molecule has 2 atom stereocenters. The van der Waals surface area contributed by atoms with E-state index in [2.05, 4.69) is 15.4 Å². The molecule has 10 heteroatoms. The van der Waals surface area contributed by atoms with Crippen molar-refractivity contribution in [3.8, 4) is 0 Å². The summed E-state index contributed by atoms with van der Waals surface area (Å²) in [5.74, 6) is -1.13. The van der Waals surface area contributed by atoms with Crippen LogP contribution in [-0.4, -0.2) is 56.3 Å². The fourth-order valence-electron chi connectivity index (χ4n) is 3.85. The van der Waals surface area contributed by atoms with Gasteiger partial charge < -0.3 is 20.2 Å². The van der Waals surface area contributed by atoms with E-state index >= 15 is 0 Å². The van der Waals surface area contributed by atoms with Gasteiger partial charge in [0.25, 0.3) is 0 Å². The quantitative estimate of drug-likeness (QED) is 0.665. The molecule has 0 unspecified atom stereocenters. The number of halogens is 2. The maximum absolute atomic E-state index is 14.6. The van der Waals surface area contributed by atoms with Crippen LogP contribution in [0.25, 0.3) is 5.65 Å². The highest BCUT2D eigenvalue weighted by molar-refractivity contribution is 5.93. The van der Waals surface area contributed by atoms with Gasteiger partial charge in [0, 0.05) is 36.8 Å². The van der Waals surface area contributed by atoms with Gasteiger partial charge in [-0.3, -0.25) is 0 Å². The van der Waals surface area contributed by atoms with E-state index in [1.165, 1.54) is 27.9 Å². The normalized spacial score (nSPS) is 26.4. The van der Waals surface area contributed by atoms with E-state index in [1.807, 2.05) is 0 Å². The Morgan fingerprint density at radius 1 is 1.32 bits per heavy atom. The number of likely N-dealkylation sites (tertiary alicyclic amines) is 1. The number of carbonyl (C=O) groups is 1. The fourth-order valence-corrected chi connectivity index (χ4v) is 3.85. The number of hydrogen-bond acceptors (Lipinski definition) is 5. The van der Waals surface area contributed by atoms with Crippen LogP contribution in [0.15, 0.2) is 36.7 Å². The van der Waals surface area contributed by atoms with Crippen LogP contribution in [0.5, 0.6) is 0 Å². The van der Waals surface area contributed by atoms with Gasteiger partial charge in [-0.2, -0.15) is 5.10 Å². The van der Waals surface area contributed by atoms with Gasteiger partial charge in [0.1, 0.15) is 23.1 Å². The lowest BCUT2D eigenvalue weighted by molar-refractivity contribution is 0.176. The molecule has 2 N–H and O–H groups in total. The molecular weight excluding hydrogens is 406 g/mol. The molecule has 2 amide bonds. The predicted octanol–water partition coefficient (Wildman–Crippen LogP) is 2.95. The molecule has 5 rings (SSSR count). The zero-order chi connectivity index (χ0) is 25.1. The lowest BCUT2D eigenvalue weighted by Crippen LogP contribution is -2.33. The first-order chi connectivity index (χ1) is 16.5. The van der Waals surface area contributed by atoms with Crippen molar-refractivity contribution in [2.75, 3.05) is 29.8 Å². The number of nitrogens with zero attached hydrogens (tertiary/aromatic N) is 5. The lowest BCUT2D eigenvalue weighted by atomic mass is 10.0. The smallest absolute Gasteiger partial charge is 0.322 e. The maximum atomic E-state index is 14.6. The van der Waals surface area contributed by atoms with Crippen molar-refractivity contribution in [1.29, 1.82) is 0 Å². The number of aliphatic hydroxyl groups excluding tert-OH is 1. The standard InChI is InChI=1S/C21H22F2N6O2/c22-13-3-4-16(23)15(10-13)18-2-1-7-28(18)19-6-9-29-20(26-19)17(11-24-29)25-21(31)27-8-5-14(30)12-27/h3-4,6,9-11,14,18,30H,1-2,5,7-8,12H2,(H,25,31)/t14-,18+/m0/s1/i5D2,7D2. The molecule has 0 bridgehead atoms. The summed E-state index contributed by atoms with van der Waals surface area (Å²) in [4.78, 5) is 19.6. The van der Waals surface area contributed by atoms with E-state index in [0.29, 0.717) is 0 Å². The van der Waals surface area contributed by atoms with Gasteiger partial charge in [-0.25, -0.2) is 23.1 Å². The van der Waals surface area contributed by atoms with Crippen LogP contribution in [-0.2, 0) is 0 Å². The number of fused-ring (bicyclic) bond motifs is 1. The van der Waals surface area contributed by atoms with E-state index < -0.39 is 42.7 Å². The highest BCUT2D eigenvalue weighted by Gasteiger charge is 2.30. The Morgan fingerprint density at radius 2 is 2.19 bits per heavy atom. The van der Waals surface area contributed by atoms with Crippen LogP contribution < -0.4 is 10.2 Å². The second-order valence-corrected chi connectivity index (χ2v) is 7.39. The van der Waals surface area contributed by atoms with Gasteiger partial charge >= 0.3 is 6.03 Å². The molecule has 0 saturated carbocycles. The minimum absolute atomic E-state index is 0.0249. The van der Waals surface area contributed by atoms with Crippen LogP contribution in [0.2, 0.25) is 0 Å². The Labute approximate surface area is 182 Å². The van der Waals surface area contributed by atoms with Gasteiger partial charge in [0.15, 0.2) is 5.65 Å². The molecule has 8 nitrogen and oxygen atoms in total. The van der Waals surface area contributed by atoms with Crippen LogP contribution in [0.3, 0.4) is 0 Å². The highest BCUT2D eigenvalue weighted by atomic mass is 19.1. The summed E-state index contributed by atoms with van der Waals surface area (Å²) < 4.78 is 62.2. The Morgan fingerprint density at radius 3 is 3.00 bits per heavy atom. The number of urea groups is 1. The summed E-state index contributed by atoms with van der Waals surface area (Å²) >= 11 is 0. The van der Waals surface area contributed by atoms with Crippen LogP contribution >= 0.6 is 0 Å². The number of carbonyl (C=O) groups excluding carboxylic acids is 1. The third-order valence-electron chi connectivity index (χ3n) is 5.37. The molecule has 2 aromatic heterocycles. The molecule has 2 fully saturated rings. The average molecular weight is 432 g/mol. The molecule has 31 heavy (non-hydrogen) atoms. The first-order valence-corrected chi connectivity index (χ1v) is 9.79. The number of anilines is 2. The van der Waals surface area contributed by atoms with E-state index in [4.69, 9.17) is 5.48 Å². The zero-order valence-electron chi connectivity index (χ0n) is 20.3. The Kier molecular flexibility index (Phi) is 3.89. The van der Waals surface area contributed by atoms with Gasteiger partial charge in [0.05, 0.1) is 18.3 Å². The monoisotopic (exact) mass is 432 g/mol. The zero-order valence-corrected chi connectivity index (χ0v) is 16.3. The minimum atomic E-state index is -1.92. The van der Waals surface area contributed by atoms with Crippen LogP contribution in [0.4, 0.5) is 25.1 Å². The lowest BCUT2D eigenvalue weighted by Gasteiger charge is -2.26. The van der Waals surface area contributed by atoms with E-state index in [-0.39, 0.29) is 48.6 Å². The van der Waals surface area contributed by atoms with Crippen LogP contribution in [0, 0.1) is 11.6 Å². The van der Waals surface area contributed by atoms with Crippen molar-refractivity contribution in [3.05, 3.63) is 53.9 Å². The largest absolute Gasteiger partial charge is 0.391 e. The van der Waals surface area contributed by atoms with Crippen molar-refractivity contribution in [1.82, 2.24) is 19.5 Å². The van der Waals surface area contributed by atoms with E-state index in [9.17, 15) is 18.7 Å². The minimum Gasteiger partial charge on any atom is -0.391 e. The summed E-state index contributed by atoms with van der Waals surface area (Å²) in [6.07, 6.45) is -0.0662. The van der Waals surface area contributed by atoms with Gasteiger partial charge in [-0.05, 0) is 43.5 Å². The van der Waals surface area contributed by atoms with Crippen molar-refractivity contribution in [2.24, 2.45) is 0 Å². The number of benzene rings is 1. The fraction of sp³-hybridized carbons (Fsp3) is 0.381. The molecule has 0 aliphatic carbocycles. The third kappa shape index (κ3) is 3.67. The van der Waals surface area contributed by atoms with Crippen molar-refractivity contribution < 1.29 is 24.2 Å². The van der Waals surface area contributed by atoms with Gasteiger partial charge in [0.2, 0.25) is 0 Å². The number of hydrogen-bond donors (Lipinski definition) is 2. The van der Waals surface area contributed by atoms with Crippen molar-refractivity contribution >= 4 is 23.2 Å². The highest BCUT2D eigenvalue weighted by Crippen LogP contribution is 2.37. The molecule has 3 aromatic rings. The Hall–Kier alpha value is -3.27. The molecular formula is C21H22F2N6O2. The summed E-state index contributed by atoms with van der Waals surface area (Å²) in [6.45, 7) is -2.35. The SMILES string of the molecule is [2H]C1([2H])CN(C(=O)Nc2cnn3ccc(N4[C@@H](c5cc(F)ccc5F)CCC4([2H])[2H])nc23)C[C@H]1O. The molecule has 2 saturated heterocycles. The third-order valence-corrected chi connectivity index (χ3v) is 5.37. The summed E-state index contributed by atoms with van der Waals surface area (Å²) in [6, 6.07) is 3.12. The Bertz CT molecular complexity index is 1310. The molecule has 2 aliphatic rings. The molecule has 2 aliphatic heterocycles. The number of amides is 2. The number of β-amino-alcohol motifs (C(OH)–C–C–N with tert-alkyl or cyclic N) is 1. The number of aliphatic hydroxyl groups is 1. The first kappa shape index (κ1) is 15.5. The van der Waals surface area contributed by atoms with E-state index in [0.717, 1.165) is 23.1 Å². The Balaban J connectivity index is 1.47. The second-order valence-electron chi connectivity index (χ2n) is 7.39. The number of aromatic nitrogens is 3. The topological polar surface area (TPSA) is 86.0 Å². The number of rotatable bonds is 3.